The number of carbonyl (C=O) groups is 5. The Bertz CT molecular complexity index is 1230. The summed E-state index contributed by atoms with van der Waals surface area (Å²) in [5.74, 6) is -1.51. The number of para-hydroxylation sites is 1. The summed E-state index contributed by atoms with van der Waals surface area (Å²) in [6.07, 6.45) is 1.82. The molecule has 3 heterocycles. The number of nitrogens with zero attached hydrogens (tertiary/aromatic N) is 3. The third-order valence-electron chi connectivity index (χ3n) is 7.04. The molecule has 0 spiro atoms. The van der Waals surface area contributed by atoms with Gasteiger partial charge in [-0.15, -0.1) is 0 Å². The van der Waals surface area contributed by atoms with Crippen molar-refractivity contribution < 1.29 is 24.0 Å². The van der Waals surface area contributed by atoms with Crippen LogP contribution in [-0.4, -0.2) is 65.0 Å². The molecule has 3 aliphatic rings. The van der Waals surface area contributed by atoms with Crippen molar-refractivity contribution in [1.82, 2.24) is 15.1 Å². The molecule has 1 N–H and O–H groups in total. The summed E-state index contributed by atoms with van der Waals surface area (Å²) in [7, 11) is 1.63. The first-order valence-corrected chi connectivity index (χ1v) is 11.8. The molecule has 3 aliphatic heterocycles. The second-order valence-corrected chi connectivity index (χ2v) is 9.17. The van der Waals surface area contributed by atoms with Gasteiger partial charge in [0.2, 0.25) is 17.7 Å². The van der Waals surface area contributed by atoms with E-state index in [1.54, 1.807) is 30.1 Å². The van der Waals surface area contributed by atoms with Crippen molar-refractivity contribution in [3.63, 3.8) is 0 Å². The van der Waals surface area contributed by atoms with Crippen LogP contribution < -0.4 is 10.2 Å². The first-order chi connectivity index (χ1) is 16.8. The van der Waals surface area contributed by atoms with Gasteiger partial charge in [0, 0.05) is 43.4 Å². The SMILES string of the molecule is CN(C(=O)c1ccc2c(c1)CN(C1CCC(=O)NC1=O)C2=O)C1CCCN(c2ccccc2)C1=O. The molecule has 9 heteroatoms. The van der Waals surface area contributed by atoms with Gasteiger partial charge in [0.05, 0.1) is 0 Å². The molecule has 2 aromatic carbocycles. The number of amides is 5. The molecule has 2 atom stereocenters. The van der Waals surface area contributed by atoms with Crippen molar-refractivity contribution in [2.75, 3.05) is 18.5 Å². The number of imide groups is 1. The van der Waals surface area contributed by atoms with E-state index in [2.05, 4.69) is 5.32 Å². The van der Waals surface area contributed by atoms with Crippen molar-refractivity contribution in [2.24, 2.45) is 0 Å². The molecular weight excluding hydrogens is 448 g/mol. The van der Waals surface area contributed by atoms with Gasteiger partial charge in [0.15, 0.2) is 0 Å². The van der Waals surface area contributed by atoms with E-state index in [9.17, 15) is 24.0 Å². The highest BCUT2D eigenvalue weighted by molar-refractivity contribution is 6.07. The summed E-state index contributed by atoms with van der Waals surface area (Å²) in [5.41, 5.74) is 2.29. The average Bonchev–Trinajstić information content (AvgIpc) is 3.19. The number of nitrogens with one attached hydrogen (secondary N) is 1. The number of likely N-dealkylation sites (N-methyl/N-ethyl adjacent to an activating group) is 1. The van der Waals surface area contributed by atoms with Crippen LogP contribution >= 0.6 is 0 Å². The highest BCUT2D eigenvalue weighted by atomic mass is 16.2. The number of hydrogen-bond donors (Lipinski definition) is 1. The van der Waals surface area contributed by atoms with Crippen LogP contribution in [0.1, 0.15) is 52.0 Å². The third-order valence-corrected chi connectivity index (χ3v) is 7.04. The fraction of sp³-hybridized carbons (Fsp3) is 0.346. The van der Waals surface area contributed by atoms with Crippen molar-refractivity contribution >= 4 is 35.2 Å². The van der Waals surface area contributed by atoms with Gasteiger partial charge in [-0.25, -0.2) is 0 Å². The summed E-state index contributed by atoms with van der Waals surface area (Å²) < 4.78 is 0. The number of benzene rings is 2. The standard InChI is InChI=1S/C26H26N4O5/c1-28(21-8-5-13-29(26(21)35)18-6-3-2-4-7-18)24(33)16-9-10-19-17(14-16)15-30(25(19)34)20-11-12-22(31)27-23(20)32/h2-4,6-7,9-10,14,20-21H,5,8,11-13,15H2,1H3,(H,27,31,32). The number of hydrogen-bond acceptors (Lipinski definition) is 5. The highest BCUT2D eigenvalue weighted by Crippen LogP contribution is 2.29. The van der Waals surface area contributed by atoms with Crippen LogP contribution in [0.25, 0.3) is 0 Å². The molecule has 0 aromatic heterocycles. The fourth-order valence-corrected chi connectivity index (χ4v) is 5.13. The number of fused-ring (bicyclic) bond motifs is 1. The number of rotatable bonds is 4. The van der Waals surface area contributed by atoms with Crippen molar-refractivity contribution in [3.8, 4) is 0 Å². The Labute approximate surface area is 202 Å². The maximum atomic E-state index is 13.3. The minimum atomic E-state index is -0.710. The summed E-state index contributed by atoms with van der Waals surface area (Å²) in [6, 6.07) is 13.0. The molecule has 9 nitrogen and oxygen atoms in total. The van der Waals surface area contributed by atoms with Gasteiger partial charge in [0.1, 0.15) is 12.1 Å². The molecule has 5 rings (SSSR count). The molecule has 35 heavy (non-hydrogen) atoms. The van der Waals surface area contributed by atoms with Crippen molar-refractivity contribution in [2.45, 2.75) is 44.3 Å². The van der Waals surface area contributed by atoms with Gasteiger partial charge in [-0.05, 0) is 55.2 Å². The van der Waals surface area contributed by atoms with Crippen molar-refractivity contribution in [3.05, 3.63) is 65.2 Å². The second-order valence-electron chi connectivity index (χ2n) is 9.17. The molecule has 0 aliphatic carbocycles. The topological polar surface area (TPSA) is 107 Å². The zero-order chi connectivity index (χ0) is 24.7. The molecule has 0 bridgehead atoms. The van der Waals surface area contributed by atoms with Gasteiger partial charge < -0.3 is 14.7 Å². The lowest BCUT2D eigenvalue weighted by Gasteiger charge is -2.37. The quantitative estimate of drug-likeness (QED) is 0.679. The molecule has 2 aromatic rings. The number of anilines is 1. The van der Waals surface area contributed by atoms with E-state index < -0.39 is 18.0 Å². The normalized spacial score (nSPS) is 22.2. The van der Waals surface area contributed by atoms with E-state index in [1.165, 1.54) is 9.80 Å². The molecule has 5 amide bonds. The Morgan fingerprint density at radius 1 is 1.03 bits per heavy atom. The van der Waals surface area contributed by atoms with E-state index in [-0.39, 0.29) is 43.0 Å². The average molecular weight is 475 g/mol. The molecule has 2 saturated heterocycles. The number of piperidine rings is 2. The van der Waals surface area contributed by atoms with Crippen LogP contribution in [-0.2, 0) is 20.9 Å². The largest absolute Gasteiger partial charge is 0.330 e. The van der Waals surface area contributed by atoms with Crippen LogP contribution in [0.2, 0.25) is 0 Å². The smallest absolute Gasteiger partial charge is 0.255 e. The number of carbonyl (C=O) groups excluding carboxylic acids is 5. The lowest BCUT2D eigenvalue weighted by molar-refractivity contribution is -0.137. The van der Waals surface area contributed by atoms with Gasteiger partial charge in [-0.3, -0.25) is 29.3 Å². The Balaban J connectivity index is 1.32. The molecule has 2 unspecified atom stereocenters. The lowest BCUT2D eigenvalue weighted by atomic mass is 10.0. The molecule has 2 fully saturated rings. The fourth-order valence-electron chi connectivity index (χ4n) is 5.13. The Morgan fingerprint density at radius 2 is 1.80 bits per heavy atom. The van der Waals surface area contributed by atoms with E-state index in [0.29, 0.717) is 29.7 Å². The summed E-state index contributed by atoms with van der Waals surface area (Å²) in [6.45, 7) is 0.800. The zero-order valence-electron chi connectivity index (χ0n) is 19.4. The summed E-state index contributed by atoms with van der Waals surface area (Å²) >= 11 is 0. The minimum Gasteiger partial charge on any atom is -0.330 e. The van der Waals surface area contributed by atoms with E-state index in [0.717, 1.165) is 12.1 Å². The lowest BCUT2D eigenvalue weighted by Crippen LogP contribution is -2.53. The first kappa shape index (κ1) is 22.8. The highest BCUT2D eigenvalue weighted by Gasteiger charge is 2.40. The van der Waals surface area contributed by atoms with Crippen LogP contribution in [0.15, 0.2) is 48.5 Å². The molecule has 0 radical (unpaired) electrons. The van der Waals surface area contributed by atoms with Crippen LogP contribution in [0.3, 0.4) is 0 Å². The predicted octanol–water partition coefficient (Wildman–Crippen LogP) is 1.72. The van der Waals surface area contributed by atoms with E-state index >= 15 is 0 Å². The molecule has 180 valence electrons. The third kappa shape index (κ3) is 4.07. The zero-order valence-corrected chi connectivity index (χ0v) is 19.4. The first-order valence-electron chi connectivity index (χ1n) is 11.8. The molecule has 0 saturated carbocycles. The maximum absolute atomic E-state index is 13.3. The van der Waals surface area contributed by atoms with Gasteiger partial charge in [0.25, 0.3) is 11.8 Å². The molecular formula is C26H26N4O5. The van der Waals surface area contributed by atoms with Crippen LogP contribution in [0, 0.1) is 0 Å². The maximum Gasteiger partial charge on any atom is 0.255 e. The van der Waals surface area contributed by atoms with E-state index in [1.807, 2.05) is 30.3 Å². The Morgan fingerprint density at radius 3 is 2.54 bits per heavy atom. The Kier molecular flexibility index (Phi) is 5.84. The van der Waals surface area contributed by atoms with Crippen molar-refractivity contribution in [1.29, 1.82) is 0 Å². The summed E-state index contributed by atoms with van der Waals surface area (Å²) in [5, 5.41) is 2.29. The monoisotopic (exact) mass is 474 g/mol. The predicted molar refractivity (Wildman–Crippen MR) is 126 cm³/mol. The van der Waals surface area contributed by atoms with Gasteiger partial charge in [-0.2, -0.15) is 0 Å². The van der Waals surface area contributed by atoms with Crippen LogP contribution in [0.4, 0.5) is 5.69 Å². The van der Waals surface area contributed by atoms with Gasteiger partial charge in [-0.1, -0.05) is 18.2 Å². The minimum absolute atomic E-state index is 0.112. The Hall–Kier alpha value is -4.01. The summed E-state index contributed by atoms with van der Waals surface area (Å²) in [4.78, 5) is 67.9. The van der Waals surface area contributed by atoms with E-state index in [4.69, 9.17) is 0 Å². The second kappa shape index (κ2) is 8.98. The van der Waals surface area contributed by atoms with Gasteiger partial charge >= 0.3 is 0 Å². The van der Waals surface area contributed by atoms with Crippen LogP contribution in [0.5, 0.6) is 0 Å².